The van der Waals surface area contributed by atoms with Crippen LogP contribution in [0.4, 0.5) is 5.69 Å². The largest absolute Gasteiger partial charge is 0.494 e. The summed E-state index contributed by atoms with van der Waals surface area (Å²) >= 11 is 3.41. The van der Waals surface area contributed by atoms with Crippen LogP contribution in [0.1, 0.15) is 0 Å². The SMILES string of the molecule is O=[NH+]c1c(-c2c(O)[nH]c3cc(Br)ccc23)[nH]c2ccccc12. The van der Waals surface area contributed by atoms with Crippen molar-refractivity contribution in [3.63, 3.8) is 0 Å². The number of fused-ring (bicyclic) bond motifs is 2. The number of benzene rings is 2. The number of aromatic amines is 2. The van der Waals surface area contributed by atoms with E-state index in [1.54, 1.807) is 0 Å². The van der Waals surface area contributed by atoms with Crippen LogP contribution >= 0.6 is 15.9 Å². The highest BCUT2D eigenvalue weighted by Crippen LogP contribution is 2.41. The van der Waals surface area contributed by atoms with E-state index in [1.165, 1.54) is 0 Å². The van der Waals surface area contributed by atoms with Crippen LogP contribution in [0.2, 0.25) is 0 Å². The van der Waals surface area contributed by atoms with Gasteiger partial charge in [0.1, 0.15) is 5.69 Å². The Hall–Kier alpha value is -2.60. The Morgan fingerprint density at radius 3 is 2.64 bits per heavy atom. The molecule has 0 bridgehead atoms. The first-order valence-corrected chi connectivity index (χ1v) is 7.48. The van der Waals surface area contributed by atoms with Crippen LogP contribution in [-0.4, -0.2) is 15.1 Å². The monoisotopic (exact) mass is 356 g/mol. The minimum absolute atomic E-state index is 0.0242. The van der Waals surface area contributed by atoms with Crippen molar-refractivity contribution in [2.24, 2.45) is 0 Å². The molecule has 2 aromatic heterocycles. The maximum atomic E-state index is 11.5. The van der Waals surface area contributed by atoms with E-state index in [0.717, 1.165) is 26.3 Å². The van der Waals surface area contributed by atoms with Crippen molar-refractivity contribution in [3.05, 3.63) is 51.8 Å². The molecule has 2 heterocycles. The average Bonchev–Trinajstić information content (AvgIpc) is 3.02. The van der Waals surface area contributed by atoms with Gasteiger partial charge in [-0.25, -0.2) is 0 Å². The van der Waals surface area contributed by atoms with Gasteiger partial charge in [0.2, 0.25) is 0 Å². The maximum Gasteiger partial charge on any atom is 0.286 e. The molecular formula is C16H11BrN3O2+. The molecule has 0 spiro atoms. The zero-order valence-corrected chi connectivity index (χ0v) is 12.9. The number of nitrogens with one attached hydrogen (secondary N) is 3. The van der Waals surface area contributed by atoms with Gasteiger partial charge in [0.05, 0.1) is 22.0 Å². The van der Waals surface area contributed by atoms with Gasteiger partial charge in [-0.15, -0.1) is 0 Å². The van der Waals surface area contributed by atoms with Crippen molar-refractivity contribution < 1.29 is 10.3 Å². The summed E-state index contributed by atoms with van der Waals surface area (Å²) in [5, 5.41) is 13.9. The second-order valence-electron chi connectivity index (χ2n) is 5.06. The molecule has 4 N–H and O–H groups in total. The molecule has 5 nitrogen and oxygen atoms in total. The Morgan fingerprint density at radius 1 is 1.00 bits per heavy atom. The predicted octanol–water partition coefficient (Wildman–Crippen LogP) is 3.26. The topological polar surface area (TPSA) is 82.8 Å². The number of aromatic hydroxyl groups is 1. The average molecular weight is 357 g/mol. The number of para-hydroxylation sites is 1. The van der Waals surface area contributed by atoms with Gasteiger partial charge in [-0.1, -0.05) is 34.1 Å². The lowest BCUT2D eigenvalue weighted by Gasteiger charge is -1.96. The Bertz CT molecular complexity index is 1030. The molecule has 22 heavy (non-hydrogen) atoms. The fourth-order valence-electron chi connectivity index (χ4n) is 2.84. The molecule has 0 saturated heterocycles. The summed E-state index contributed by atoms with van der Waals surface area (Å²) in [5.41, 5.74) is 3.20. The normalized spacial score (nSPS) is 11.3. The molecule has 0 fully saturated rings. The summed E-state index contributed by atoms with van der Waals surface area (Å²) in [4.78, 5) is 17.6. The first-order chi connectivity index (χ1) is 10.7. The minimum atomic E-state index is 0.0242. The Labute approximate surface area is 133 Å². The van der Waals surface area contributed by atoms with E-state index in [-0.39, 0.29) is 5.88 Å². The van der Waals surface area contributed by atoms with Crippen LogP contribution in [0.5, 0.6) is 5.88 Å². The third-order valence-electron chi connectivity index (χ3n) is 3.80. The maximum absolute atomic E-state index is 11.5. The molecular weight excluding hydrogens is 346 g/mol. The molecule has 0 aliphatic rings. The first kappa shape index (κ1) is 13.1. The third kappa shape index (κ3) is 1.77. The second-order valence-corrected chi connectivity index (χ2v) is 5.98. The number of aromatic nitrogens is 2. The Morgan fingerprint density at radius 2 is 1.82 bits per heavy atom. The predicted molar refractivity (Wildman–Crippen MR) is 88.9 cm³/mol. The fraction of sp³-hybridized carbons (Fsp3) is 0. The van der Waals surface area contributed by atoms with Gasteiger partial charge in [-0.05, 0) is 24.3 Å². The van der Waals surface area contributed by atoms with Gasteiger partial charge in [-0.3, -0.25) is 0 Å². The van der Waals surface area contributed by atoms with Gasteiger partial charge < -0.3 is 15.1 Å². The van der Waals surface area contributed by atoms with Crippen LogP contribution in [-0.2, 0) is 0 Å². The highest BCUT2D eigenvalue weighted by molar-refractivity contribution is 9.10. The van der Waals surface area contributed by atoms with Crippen molar-refractivity contribution in [3.8, 4) is 17.1 Å². The quantitative estimate of drug-likeness (QED) is 0.444. The summed E-state index contributed by atoms with van der Waals surface area (Å²) in [6.07, 6.45) is 0. The lowest BCUT2D eigenvalue weighted by atomic mass is 10.1. The van der Waals surface area contributed by atoms with Gasteiger partial charge >= 0.3 is 0 Å². The van der Waals surface area contributed by atoms with Crippen molar-refractivity contribution >= 4 is 43.4 Å². The first-order valence-electron chi connectivity index (χ1n) is 6.68. The lowest BCUT2D eigenvalue weighted by molar-refractivity contribution is -0.376. The van der Waals surface area contributed by atoms with E-state index in [0.29, 0.717) is 16.9 Å². The minimum Gasteiger partial charge on any atom is -0.494 e. The zero-order valence-electron chi connectivity index (χ0n) is 11.3. The number of H-pyrrole nitrogens is 2. The van der Waals surface area contributed by atoms with Crippen molar-refractivity contribution in [1.29, 1.82) is 0 Å². The summed E-state index contributed by atoms with van der Waals surface area (Å²) in [6, 6.07) is 13.2. The molecule has 2 aromatic carbocycles. The van der Waals surface area contributed by atoms with E-state index in [1.807, 2.05) is 47.6 Å². The smallest absolute Gasteiger partial charge is 0.286 e. The molecule has 0 atom stereocenters. The summed E-state index contributed by atoms with van der Waals surface area (Å²) in [7, 11) is 0. The van der Waals surface area contributed by atoms with E-state index in [9.17, 15) is 10.0 Å². The van der Waals surface area contributed by atoms with Gasteiger partial charge in [0.15, 0.2) is 5.88 Å². The molecule has 0 unspecified atom stereocenters. The number of nitroso groups, excluding NO2 is 1. The highest BCUT2D eigenvalue weighted by Gasteiger charge is 2.24. The van der Waals surface area contributed by atoms with E-state index >= 15 is 0 Å². The Balaban J connectivity index is 2.11. The number of rotatable bonds is 2. The summed E-state index contributed by atoms with van der Waals surface area (Å²) in [5.74, 6) is 0.0242. The van der Waals surface area contributed by atoms with E-state index in [2.05, 4.69) is 25.9 Å². The van der Waals surface area contributed by atoms with E-state index < -0.39 is 0 Å². The molecule has 108 valence electrons. The molecule has 0 radical (unpaired) electrons. The summed E-state index contributed by atoms with van der Waals surface area (Å²) < 4.78 is 0.909. The lowest BCUT2D eigenvalue weighted by Crippen LogP contribution is -2.55. The highest BCUT2D eigenvalue weighted by atomic mass is 79.9. The molecule has 0 saturated carbocycles. The van der Waals surface area contributed by atoms with Crippen LogP contribution in [0.25, 0.3) is 33.1 Å². The van der Waals surface area contributed by atoms with Crippen LogP contribution in [0, 0.1) is 4.91 Å². The molecule has 0 aliphatic carbocycles. The molecule has 4 aromatic rings. The second kappa shape index (κ2) is 4.71. The van der Waals surface area contributed by atoms with Crippen LogP contribution in [0.15, 0.2) is 46.9 Å². The zero-order chi connectivity index (χ0) is 15.3. The fourth-order valence-corrected chi connectivity index (χ4v) is 3.21. The van der Waals surface area contributed by atoms with Crippen molar-refractivity contribution in [1.82, 2.24) is 9.97 Å². The van der Waals surface area contributed by atoms with Gasteiger partial charge in [0.25, 0.3) is 5.69 Å². The standard InChI is InChI=1S/C16H10BrN3O2/c17-8-5-6-9-12(7-8)19-16(21)13(9)15-14(20-22)10-3-1-2-4-11(10)18-15/h1-7,18-19,21H/p+1. The molecule has 0 amide bonds. The third-order valence-corrected chi connectivity index (χ3v) is 4.29. The van der Waals surface area contributed by atoms with Gasteiger partial charge in [0, 0.05) is 19.9 Å². The van der Waals surface area contributed by atoms with Gasteiger partial charge in [-0.2, -0.15) is 0 Å². The molecule has 6 heteroatoms. The van der Waals surface area contributed by atoms with E-state index in [4.69, 9.17) is 0 Å². The molecule has 0 aliphatic heterocycles. The van der Waals surface area contributed by atoms with Crippen molar-refractivity contribution in [2.75, 3.05) is 0 Å². The van der Waals surface area contributed by atoms with Crippen molar-refractivity contribution in [2.45, 2.75) is 0 Å². The number of halogens is 1. The van der Waals surface area contributed by atoms with Crippen LogP contribution < -0.4 is 5.18 Å². The van der Waals surface area contributed by atoms with Crippen LogP contribution in [0.3, 0.4) is 0 Å². The summed E-state index contributed by atoms with van der Waals surface area (Å²) in [6.45, 7) is 0. The molecule has 4 rings (SSSR count). The number of hydrogen-bond donors (Lipinski definition) is 4. The Kier molecular flexibility index (Phi) is 2.80. The number of hydrogen-bond acceptors (Lipinski definition) is 2.